The summed E-state index contributed by atoms with van der Waals surface area (Å²) in [5.74, 6) is 1.03. The Morgan fingerprint density at radius 2 is 2.15 bits per heavy atom. The van der Waals surface area contributed by atoms with Gasteiger partial charge in [-0.1, -0.05) is 6.92 Å². The molecule has 8 heteroatoms. The monoisotopic (exact) mass is 304 g/mol. The van der Waals surface area contributed by atoms with E-state index < -0.39 is 10.2 Å². The Morgan fingerprint density at radius 3 is 2.75 bits per heavy atom. The van der Waals surface area contributed by atoms with Gasteiger partial charge in [-0.3, -0.25) is 0 Å². The fourth-order valence-corrected chi connectivity index (χ4v) is 2.49. The summed E-state index contributed by atoms with van der Waals surface area (Å²) in [5.41, 5.74) is 0. The Kier molecular flexibility index (Phi) is 7.14. The fourth-order valence-electron chi connectivity index (χ4n) is 1.59. The fraction of sp³-hybridized carbons (Fsp3) is 0.750. The standard InChI is InChI=1S/C12H24N4O3S/c1-4-6-13-7-5-8-16(3)20(17,18)15-10-12-14-9-11(2)19-12/h9,13,15H,4-8,10H2,1-3H3. The van der Waals surface area contributed by atoms with Gasteiger partial charge >= 0.3 is 0 Å². The van der Waals surface area contributed by atoms with Crippen molar-refractivity contribution in [3.63, 3.8) is 0 Å². The molecule has 7 nitrogen and oxygen atoms in total. The van der Waals surface area contributed by atoms with Crippen LogP contribution >= 0.6 is 0 Å². The summed E-state index contributed by atoms with van der Waals surface area (Å²) in [4.78, 5) is 3.95. The Balaban J connectivity index is 2.31. The topological polar surface area (TPSA) is 87.5 Å². The van der Waals surface area contributed by atoms with E-state index >= 15 is 0 Å². The third-order valence-corrected chi connectivity index (χ3v) is 4.25. The molecule has 0 aliphatic carbocycles. The van der Waals surface area contributed by atoms with Crippen LogP contribution in [0.4, 0.5) is 0 Å². The van der Waals surface area contributed by atoms with Crippen LogP contribution in [-0.4, -0.2) is 44.4 Å². The molecule has 0 amide bonds. The Labute approximate surface area is 120 Å². The molecule has 0 unspecified atom stereocenters. The zero-order valence-electron chi connectivity index (χ0n) is 12.3. The van der Waals surface area contributed by atoms with Crippen molar-refractivity contribution in [2.45, 2.75) is 33.2 Å². The van der Waals surface area contributed by atoms with Crippen molar-refractivity contribution in [3.8, 4) is 0 Å². The van der Waals surface area contributed by atoms with Crippen LogP contribution in [0.3, 0.4) is 0 Å². The Hall–Kier alpha value is -0.960. The molecule has 0 saturated heterocycles. The number of nitrogens with zero attached hydrogens (tertiary/aromatic N) is 2. The second-order valence-electron chi connectivity index (χ2n) is 4.62. The van der Waals surface area contributed by atoms with E-state index in [4.69, 9.17) is 4.42 Å². The van der Waals surface area contributed by atoms with Gasteiger partial charge in [0.15, 0.2) is 0 Å². The summed E-state index contributed by atoms with van der Waals surface area (Å²) in [6.07, 6.45) is 3.41. The Morgan fingerprint density at radius 1 is 1.40 bits per heavy atom. The molecule has 1 aromatic rings. The van der Waals surface area contributed by atoms with Crippen LogP contribution in [0.15, 0.2) is 10.6 Å². The van der Waals surface area contributed by atoms with Crippen molar-refractivity contribution >= 4 is 10.2 Å². The van der Waals surface area contributed by atoms with Gasteiger partial charge in [0, 0.05) is 13.6 Å². The lowest BCUT2D eigenvalue weighted by Gasteiger charge is -2.17. The lowest BCUT2D eigenvalue weighted by molar-refractivity contribution is 0.430. The summed E-state index contributed by atoms with van der Waals surface area (Å²) in [5, 5.41) is 3.24. The smallest absolute Gasteiger partial charge is 0.279 e. The van der Waals surface area contributed by atoms with Gasteiger partial charge in [-0.05, 0) is 32.9 Å². The van der Waals surface area contributed by atoms with Crippen molar-refractivity contribution in [1.29, 1.82) is 0 Å². The molecule has 0 aromatic carbocycles. The van der Waals surface area contributed by atoms with Crippen LogP contribution in [0.5, 0.6) is 0 Å². The number of oxazole rings is 1. The van der Waals surface area contributed by atoms with Gasteiger partial charge in [0.1, 0.15) is 5.76 Å². The van der Waals surface area contributed by atoms with Crippen LogP contribution < -0.4 is 10.0 Å². The van der Waals surface area contributed by atoms with E-state index in [1.54, 1.807) is 20.2 Å². The van der Waals surface area contributed by atoms with Gasteiger partial charge in [-0.15, -0.1) is 0 Å². The van der Waals surface area contributed by atoms with Crippen LogP contribution in [0, 0.1) is 6.92 Å². The first-order valence-electron chi connectivity index (χ1n) is 6.78. The maximum atomic E-state index is 12.0. The van der Waals surface area contributed by atoms with Gasteiger partial charge in [-0.25, -0.2) is 4.98 Å². The van der Waals surface area contributed by atoms with Crippen LogP contribution in [-0.2, 0) is 16.8 Å². The Bertz CT molecular complexity index is 487. The molecule has 1 heterocycles. The molecule has 20 heavy (non-hydrogen) atoms. The van der Waals surface area contributed by atoms with E-state index in [0.717, 1.165) is 25.9 Å². The first-order chi connectivity index (χ1) is 9.45. The summed E-state index contributed by atoms with van der Waals surface area (Å²) in [7, 11) is -1.93. The van der Waals surface area contributed by atoms with Crippen molar-refractivity contribution < 1.29 is 12.8 Å². The highest BCUT2D eigenvalue weighted by atomic mass is 32.2. The van der Waals surface area contributed by atoms with E-state index in [1.807, 2.05) is 0 Å². The van der Waals surface area contributed by atoms with Crippen molar-refractivity contribution in [1.82, 2.24) is 19.3 Å². The second kappa shape index (κ2) is 8.35. The number of aryl methyl sites for hydroxylation is 1. The predicted octanol–water partition coefficient (Wildman–Crippen LogP) is 0.639. The minimum absolute atomic E-state index is 0.0641. The predicted molar refractivity (Wildman–Crippen MR) is 77.4 cm³/mol. The molecular weight excluding hydrogens is 280 g/mol. The normalized spacial score (nSPS) is 12.2. The molecule has 0 bridgehead atoms. The lowest BCUT2D eigenvalue weighted by atomic mass is 10.4. The molecule has 2 N–H and O–H groups in total. The molecule has 0 fully saturated rings. The number of hydrogen-bond acceptors (Lipinski definition) is 5. The summed E-state index contributed by atoms with van der Waals surface area (Å²) >= 11 is 0. The van der Waals surface area contributed by atoms with Crippen LogP contribution in [0.1, 0.15) is 31.4 Å². The average molecular weight is 304 g/mol. The van der Waals surface area contributed by atoms with Gasteiger partial charge in [-0.2, -0.15) is 17.4 Å². The average Bonchev–Trinajstić information content (AvgIpc) is 2.82. The van der Waals surface area contributed by atoms with Crippen LogP contribution in [0.25, 0.3) is 0 Å². The highest BCUT2D eigenvalue weighted by Crippen LogP contribution is 2.03. The van der Waals surface area contributed by atoms with E-state index in [0.29, 0.717) is 18.2 Å². The third kappa shape index (κ3) is 6.00. The van der Waals surface area contributed by atoms with Gasteiger partial charge < -0.3 is 9.73 Å². The molecule has 0 radical (unpaired) electrons. The second-order valence-corrected chi connectivity index (χ2v) is 6.48. The zero-order valence-corrected chi connectivity index (χ0v) is 13.2. The van der Waals surface area contributed by atoms with Gasteiger partial charge in [0.2, 0.25) is 5.89 Å². The van der Waals surface area contributed by atoms with E-state index in [9.17, 15) is 8.42 Å². The maximum absolute atomic E-state index is 12.0. The molecule has 116 valence electrons. The number of rotatable bonds is 10. The molecule has 0 atom stereocenters. The molecule has 0 spiro atoms. The highest BCUT2D eigenvalue weighted by molar-refractivity contribution is 7.87. The van der Waals surface area contributed by atoms with Gasteiger partial charge in [0.25, 0.3) is 10.2 Å². The van der Waals surface area contributed by atoms with Crippen molar-refractivity contribution in [2.24, 2.45) is 0 Å². The first kappa shape index (κ1) is 17.1. The van der Waals surface area contributed by atoms with Crippen molar-refractivity contribution in [2.75, 3.05) is 26.7 Å². The highest BCUT2D eigenvalue weighted by Gasteiger charge is 2.17. The lowest BCUT2D eigenvalue weighted by Crippen LogP contribution is -2.39. The minimum atomic E-state index is -3.49. The third-order valence-electron chi connectivity index (χ3n) is 2.74. The van der Waals surface area contributed by atoms with Crippen LogP contribution in [0.2, 0.25) is 0 Å². The quantitative estimate of drug-likeness (QED) is 0.619. The summed E-state index contributed by atoms with van der Waals surface area (Å²) in [6, 6.07) is 0. The van der Waals surface area contributed by atoms with Gasteiger partial charge in [0.05, 0.1) is 12.7 Å². The van der Waals surface area contributed by atoms with Crippen molar-refractivity contribution in [3.05, 3.63) is 17.8 Å². The number of aromatic nitrogens is 1. The van der Waals surface area contributed by atoms with E-state index in [-0.39, 0.29) is 6.54 Å². The minimum Gasteiger partial charge on any atom is -0.445 e. The molecule has 1 aromatic heterocycles. The summed E-state index contributed by atoms with van der Waals surface area (Å²) in [6.45, 7) is 6.16. The molecular formula is C12H24N4O3S. The maximum Gasteiger partial charge on any atom is 0.279 e. The van der Waals surface area contributed by atoms with E-state index in [2.05, 4.69) is 21.9 Å². The zero-order chi connectivity index (χ0) is 15.0. The largest absolute Gasteiger partial charge is 0.445 e. The molecule has 1 rings (SSSR count). The molecule has 0 saturated carbocycles. The summed E-state index contributed by atoms with van der Waals surface area (Å²) < 4.78 is 32.9. The first-order valence-corrected chi connectivity index (χ1v) is 8.22. The SMILES string of the molecule is CCCNCCCN(C)S(=O)(=O)NCc1ncc(C)o1. The van der Waals surface area contributed by atoms with E-state index in [1.165, 1.54) is 4.31 Å². The molecule has 0 aliphatic rings. The number of nitrogens with one attached hydrogen (secondary N) is 2. The molecule has 0 aliphatic heterocycles. The number of hydrogen-bond donors (Lipinski definition) is 2.